The summed E-state index contributed by atoms with van der Waals surface area (Å²) in [6.45, 7) is 1.52. The first-order chi connectivity index (χ1) is 14.7. The van der Waals surface area contributed by atoms with E-state index in [9.17, 15) is 4.79 Å². The summed E-state index contributed by atoms with van der Waals surface area (Å²) in [6.07, 6.45) is 11.7. The smallest absolute Gasteiger partial charge is 0.253 e. The fourth-order valence-electron chi connectivity index (χ4n) is 4.11. The first-order valence-electron chi connectivity index (χ1n) is 10.2. The average molecular weight is 401 g/mol. The van der Waals surface area contributed by atoms with E-state index in [-0.39, 0.29) is 5.91 Å². The molecule has 1 aromatic carbocycles. The highest BCUT2D eigenvalue weighted by Gasteiger charge is 2.24. The molecule has 152 valence electrons. The fraction of sp³-hybridized carbons (Fsp3) is 0.318. The molecule has 0 spiro atoms. The Bertz CT molecular complexity index is 1190. The van der Waals surface area contributed by atoms with E-state index < -0.39 is 0 Å². The Balaban J connectivity index is 1.22. The summed E-state index contributed by atoms with van der Waals surface area (Å²) >= 11 is 0. The van der Waals surface area contributed by atoms with Gasteiger partial charge in [0.05, 0.1) is 29.3 Å². The van der Waals surface area contributed by atoms with E-state index in [0.29, 0.717) is 11.5 Å². The van der Waals surface area contributed by atoms with Gasteiger partial charge in [0, 0.05) is 44.3 Å². The van der Waals surface area contributed by atoms with Gasteiger partial charge in [0.1, 0.15) is 5.69 Å². The van der Waals surface area contributed by atoms with Crippen molar-refractivity contribution >= 4 is 16.9 Å². The molecule has 4 heterocycles. The van der Waals surface area contributed by atoms with E-state index >= 15 is 0 Å². The lowest BCUT2D eigenvalue weighted by molar-refractivity contribution is 0.0690. The second kappa shape index (κ2) is 7.70. The number of aryl methyl sites for hydroxylation is 1. The number of imidazole rings is 2. The van der Waals surface area contributed by atoms with Gasteiger partial charge >= 0.3 is 0 Å². The van der Waals surface area contributed by atoms with Gasteiger partial charge in [-0.2, -0.15) is 0 Å². The van der Waals surface area contributed by atoms with Gasteiger partial charge in [-0.05, 0) is 43.4 Å². The molecule has 1 aliphatic rings. The lowest BCUT2D eigenvalue weighted by Gasteiger charge is -2.32. The minimum atomic E-state index is 0.0847. The third-order valence-electron chi connectivity index (χ3n) is 5.80. The van der Waals surface area contributed by atoms with Gasteiger partial charge in [0.15, 0.2) is 5.82 Å². The van der Waals surface area contributed by atoms with Crippen LogP contribution in [0, 0.1) is 5.92 Å². The number of likely N-dealkylation sites (tertiary alicyclic amines) is 1. The van der Waals surface area contributed by atoms with Crippen molar-refractivity contribution in [1.29, 1.82) is 0 Å². The molecule has 1 aliphatic heterocycles. The zero-order chi connectivity index (χ0) is 20.5. The maximum atomic E-state index is 12.9. The zero-order valence-electron chi connectivity index (χ0n) is 16.8. The highest BCUT2D eigenvalue weighted by molar-refractivity contribution is 5.97. The van der Waals surface area contributed by atoms with Crippen molar-refractivity contribution in [2.24, 2.45) is 13.0 Å². The van der Waals surface area contributed by atoms with Crippen molar-refractivity contribution in [1.82, 2.24) is 34.4 Å². The SMILES string of the molecule is Cn1ccnc1-c1cncc(CC2CCN(C(=O)c3ccc4nc[nH]c4c3)CC2)n1. The molecule has 30 heavy (non-hydrogen) atoms. The number of nitrogens with zero attached hydrogens (tertiary/aromatic N) is 6. The van der Waals surface area contributed by atoms with Gasteiger partial charge < -0.3 is 14.5 Å². The number of benzene rings is 1. The second-order valence-electron chi connectivity index (χ2n) is 7.83. The molecular formula is C22H23N7O. The average Bonchev–Trinajstić information content (AvgIpc) is 3.42. The topological polar surface area (TPSA) is 92.6 Å². The molecule has 1 amide bonds. The number of carbonyl (C=O) groups excluding carboxylic acids is 1. The maximum Gasteiger partial charge on any atom is 0.253 e. The van der Waals surface area contributed by atoms with Crippen LogP contribution >= 0.6 is 0 Å². The molecule has 0 radical (unpaired) electrons. The summed E-state index contributed by atoms with van der Waals surface area (Å²) in [4.78, 5) is 35.6. The van der Waals surface area contributed by atoms with Gasteiger partial charge in [-0.25, -0.2) is 15.0 Å². The van der Waals surface area contributed by atoms with Gasteiger partial charge in [0.2, 0.25) is 0 Å². The molecule has 5 rings (SSSR count). The van der Waals surface area contributed by atoms with Crippen molar-refractivity contribution in [3.63, 3.8) is 0 Å². The van der Waals surface area contributed by atoms with Crippen molar-refractivity contribution in [3.05, 3.63) is 60.6 Å². The Morgan fingerprint density at radius 3 is 2.87 bits per heavy atom. The molecule has 1 N–H and O–H groups in total. The quantitative estimate of drug-likeness (QED) is 0.568. The lowest BCUT2D eigenvalue weighted by Crippen LogP contribution is -2.39. The summed E-state index contributed by atoms with van der Waals surface area (Å²) in [7, 11) is 1.95. The molecule has 1 saturated heterocycles. The van der Waals surface area contributed by atoms with E-state index in [0.717, 1.165) is 60.6 Å². The molecule has 1 fully saturated rings. The maximum absolute atomic E-state index is 12.9. The predicted octanol–water partition coefficient (Wildman–Crippen LogP) is 2.85. The van der Waals surface area contributed by atoms with Crippen LogP contribution in [0.3, 0.4) is 0 Å². The highest BCUT2D eigenvalue weighted by Crippen LogP contribution is 2.24. The highest BCUT2D eigenvalue weighted by atomic mass is 16.2. The fourth-order valence-corrected chi connectivity index (χ4v) is 4.11. The summed E-state index contributed by atoms with van der Waals surface area (Å²) in [6, 6.07) is 5.63. The van der Waals surface area contributed by atoms with Gasteiger partial charge in [-0.15, -0.1) is 0 Å². The van der Waals surface area contributed by atoms with Crippen molar-refractivity contribution in [2.75, 3.05) is 13.1 Å². The van der Waals surface area contributed by atoms with Crippen LogP contribution < -0.4 is 0 Å². The number of hydrogen-bond donors (Lipinski definition) is 1. The third-order valence-corrected chi connectivity index (χ3v) is 5.80. The Labute approximate surface area is 174 Å². The third kappa shape index (κ3) is 3.56. The van der Waals surface area contributed by atoms with E-state index in [1.165, 1.54) is 0 Å². The number of carbonyl (C=O) groups is 1. The van der Waals surface area contributed by atoms with Gasteiger partial charge in [0.25, 0.3) is 5.91 Å². The normalized spacial score (nSPS) is 15.0. The molecule has 3 aromatic heterocycles. The summed E-state index contributed by atoms with van der Waals surface area (Å²) < 4.78 is 1.94. The van der Waals surface area contributed by atoms with Crippen LogP contribution in [-0.2, 0) is 13.5 Å². The van der Waals surface area contributed by atoms with E-state index in [4.69, 9.17) is 4.98 Å². The predicted molar refractivity (Wildman–Crippen MR) is 113 cm³/mol. The molecule has 0 unspecified atom stereocenters. The molecule has 8 nitrogen and oxygen atoms in total. The van der Waals surface area contributed by atoms with Crippen LogP contribution in [0.5, 0.6) is 0 Å². The van der Waals surface area contributed by atoms with Crippen LogP contribution in [0.4, 0.5) is 0 Å². The molecule has 0 atom stereocenters. The van der Waals surface area contributed by atoms with Gasteiger partial charge in [-0.3, -0.25) is 9.78 Å². The van der Waals surface area contributed by atoms with Crippen LogP contribution in [0.25, 0.3) is 22.6 Å². The van der Waals surface area contributed by atoms with E-state index in [1.807, 2.05) is 47.1 Å². The molecule has 0 bridgehead atoms. The van der Waals surface area contributed by atoms with Crippen LogP contribution in [-0.4, -0.2) is 53.4 Å². The molecule has 0 aliphatic carbocycles. The first-order valence-corrected chi connectivity index (χ1v) is 10.2. The molecule has 8 heteroatoms. The number of aromatic amines is 1. The number of aromatic nitrogens is 6. The summed E-state index contributed by atoms with van der Waals surface area (Å²) in [5.41, 5.74) is 4.24. The van der Waals surface area contributed by atoms with Crippen molar-refractivity contribution in [3.8, 4) is 11.5 Å². The number of amides is 1. The number of hydrogen-bond acceptors (Lipinski definition) is 5. The van der Waals surface area contributed by atoms with Crippen LogP contribution in [0.1, 0.15) is 28.9 Å². The summed E-state index contributed by atoms with van der Waals surface area (Å²) in [5.74, 6) is 1.40. The number of piperidine rings is 1. The number of fused-ring (bicyclic) bond motifs is 1. The molecule has 0 saturated carbocycles. The molecule has 4 aromatic rings. The summed E-state index contributed by atoms with van der Waals surface area (Å²) in [5, 5.41) is 0. The monoisotopic (exact) mass is 401 g/mol. The zero-order valence-corrected chi connectivity index (χ0v) is 16.8. The van der Waals surface area contributed by atoms with Crippen LogP contribution in [0.15, 0.2) is 49.3 Å². The lowest BCUT2D eigenvalue weighted by atomic mass is 9.92. The second-order valence-corrected chi connectivity index (χ2v) is 7.83. The minimum Gasteiger partial charge on any atom is -0.345 e. The van der Waals surface area contributed by atoms with Crippen molar-refractivity contribution < 1.29 is 4.79 Å². The Morgan fingerprint density at radius 1 is 1.20 bits per heavy atom. The Morgan fingerprint density at radius 2 is 2.07 bits per heavy atom. The number of H-pyrrole nitrogens is 1. The minimum absolute atomic E-state index is 0.0847. The first kappa shape index (κ1) is 18.5. The Hall–Kier alpha value is -3.55. The van der Waals surface area contributed by atoms with E-state index in [2.05, 4.69) is 19.9 Å². The van der Waals surface area contributed by atoms with Crippen LogP contribution in [0.2, 0.25) is 0 Å². The largest absolute Gasteiger partial charge is 0.345 e. The standard InChI is InChI=1S/C22H23N7O/c1-28-9-6-24-21(28)20-13-23-12-17(27-20)10-15-4-7-29(8-5-15)22(30)16-2-3-18-19(11-16)26-14-25-18/h2-3,6,9,11-15H,4-5,7-8,10H2,1H3,(H,25,26). The Kier molecular flexibility index (Phi) is 4.74. The van der Waals surface area contributed by atoms with Gasteiger partial charge in [-0.1, -0.05) is 0 Å². The number of rotatable bonds is 4. The van der Waals surface area contributed by atoms with E-state index in [1.54, 1.807) is 18.7 Å². The van der Waals surface area contributed by atoms with Crippen molar-refractivity contribution in [2.45, 2.75) is 19.3 Å². The number of nitrogens with one attached hydrogen (secondary N) is 1. The molecular weight excluding hydrogens is 378 g/mol.